The summed E-state index contributed by atoms with van der Waals surface area (Å²) in [5, 5.41) is 12.7. The summed E-state index contributed by atoms with van der Waals surface area (Å²) in [6.07, 6.45) is 4.42. The maximum Gasteiger partial charge on any atom is 0.325 e. The normalized spacial score (nSPS) is 23.1. The van der Waals surface area contributed by atoms with Crippen molar-refractivity contribution in [3.8, 4) is 0 Å². The van der Waals surface area contributed by atoms with Crippen molar-refractivity contribution < 1.29 is 14.6 Å². The van der Waals surface area contributed by atoms with Crippen LogP contribution in [0.5, 0.6) is 0 Å². The molecule has 0 aromatic carbocycles. The summed E-state index contributed by atoms with van der Waals surface area (Å²) in [4.78, 5) is 14.0. The van der Waals surface area contributed by atoms with Gasteiger partial charge in [0, 0.05) is 26.2 Å². The van der Waals surface area contributed by atoms with E-state index < -0.39 is 11.5 Å². The van der Waals surface area contributed by atoms with E-state index in [0.717, 1.165) is 19.4 Å². The van der Waals surface area contributed by atoms with Crippen molar-refractivity contribution in [2.24, 2.45) is 5.92 Å². The largest absolute Gasteiger partial charge is 0.480 e. The number of hydrogen-bond donors (Lipinski definition) is 2. The molecule has 2 rings (SSSR count). The van der Waals surface area contributed by atoms with E-state index in [2.05, 4.69) is 10.2 Å². The average Bonchev–Trinajstić information content (AvgIpc) is 3.18. The number of carboxylic acids is 1. The Kier molecular flexibility index (Phi) is 4.25. The highest BCUT2D eigenvalue weighted by Gasteiger charge is 2.52. The quantitative estimate of drug-likeness (QED) is 0.631. The molecule has 18 heavy (non-hydrogen) atoms. The molecule has 2 saturated carbocycles. The molecule has 0 bridgehead atoms. The lowest BCUT2D eigenvalue weighted by Gasteiger charge is -2.35. The van der Waals surface area contributed by atoms with Gasteiger partial charge in [-0.05, 0) is 38.6 Å². The second kappa shape index (κ2) is 5.55. The molecule has 0 heterocycles. The Morgan fingerprint density at radius 1 is 1.44 bits per heavy atom. The fraction of sp³-hybridized carbons (Fsp3) is 0.923. The number of hydrogen-bond acceptors (Lipinski definition) is 4. The van der Waals surface area contributed by atoms with Gasteiger partial charge in [-0.3, -0.25) is 9.69 Å². The van der Waals surface area contributed by atoms with Crippen LogP contribution < -0.4 is 5.32 Å². The maximum atomic E-state index is 11.7. The standard InChI is InChI=1S/C13H24N2O3/c1-14-13(12(16)17,10-3-4-10)9-15(7-8-18-2)11-5-6-11/h10-11,14H,3-9H2,1-2H3,(H,16,17). The summed E-state index contributed by atoms with van der Waals surface area (Å²) < 4.78 is 5.13. The molecule has 2 aliphatic carbocycles. The monoisotopic (exact) mass is 256 g/mol. The molecule has 0 saturated heterocycles. The van der Waals surface area contributed by atoms with Crippen molar-refractivity contribution >= 4 is 5.97 Å². The highest BCUT2D eigenvalue weighted by atomic mass is 16.5. The molecule has 0 spiro atoms. The van der Waals surface area contributed by atoms with Gasteiger partial charge in [-0.15, -0.1) is 0 Å². The van der Waals surface area contributed by atoms with Crippen LogP contribution in [-0.2, 0) is 9.53 Å². The Bertz CT molecular complexity index is 303. The van der Waals surface area contributed by atoms with Gasteiger partial charge >= 0.3 is 5.97 Å². The molecule has 5 heteroatoms. The van der Waals surface area contributed by atoms with E-state index in [1.807, 2.05) is 0 Å². The van der Waals surface area contributed by atoms with Gasteiger partial charge in [0.1, 0.15) is 5.54 Å². The molecule has 0 aromatic rings. The first-order valence-electron chi connectivity index (χ1n) is 6.79. The van der Waals surface area contributed by atoms with Crippen molar-refractivity contribution in [1.82, 2.24) is 10.2 Å². The van der Waals surface area contributed by atoms with Crippen molar-refractivity contribution in [3.63, 3.8) is 0 Å². The second-order valence-electron chi connectivity index (χ2n) is 5.50. The van der Waals surface area contributed by atoms with Gasteiger partial charge in [0.15, 0.2) is 0 Å². The highest BCUT2D eigenvalue weighted by molar-refractivity contribution is 5.80. The zero-order valence-corrected chi connectivity index (χ0v) is 11.3. The van der Waals surface area contributed by atoms with E-state index in [-0.39, 0.29) is 5.92 Å². The van der Waals surface area contributed by atoms with Crippen molar-refractivity contribution in [3.05, 3.63) is 0 Å². The molecule has 2 aliphatic rings. The zero-order valence-electron chi connectivity index (χ0n) is 11.3. The summed E-state index contributed by atoms with van der Waals surface area (Å²) >= 11 is 0. The number of likely N-dealkylation sites (N-methyl/N-ethyl adjacent to an activating group) is 1. The Morgan fingerprint density at radius 3 is 2.50 bits per heavy atom. The lowest BCUT2D eigenvalue weighted by Crippen LogP contribution is -2.60. The fourth-order valence-electron chi connectivity index (χ4n) is 2.70. The van der Waals surface area contributed by atoms with Gasteiger partial charge in [-0.2, -0.15) is 0 Å². The van der Waals surface area contributed by atoms with Crippen LogP contribution in [0.15, 0.2) is 0 Å². The lowest BCUT2D eigenvalue weighted by atomic mass is 9.92. The van der Waals surface area contributed by atoms with E-state index >= 15 is 0 Å². The first-order valence-corrected chi connectivity index (χ1v) is 6.79. The van der Waals surface area contributed by atoms with Gasteiger partial charge < -0.3 is 15.2 Å². The van der Waals surface area contributed by atoms with E-state index in [0.29, 0.717) is 19.2 Å². The van der Waals surface area contributed by atoms with Crippen LogP contribution in [0.3, 0.4) is 0 Å². The summed E-state index contributed by atoms with van der Waals surface area (Å²) in [7, 11) is 3.46. The smallest absolute Gasteiger partial charge is 0.325 e. The van der Waals surface area contributed by atoms with Crippen molar-refractivity contribution in [2.75, 3.05) is 33.9 Å². The second-order valence-corrected chi connectivity index (χ2v) is 5.50. The highest BCUT2D eigenvalue weighted by Crippen LogP contribution is 2.41. The van der Waals surface area contributed by atoms with Crippen LogP contribution in [0.1, 0.15) is 25.7 Å². The minimum absolute atomic E-state index is 0.281. The average molecular weight is 256 g/mol. The van der Waals surface area contributed by atoms with Crippen LogP contribution in [0, 0.1) is 5.92 Å². The third-order valence-corrected chi connectivity index (χ3v) is 4.20. The summed E-state index contributed by atoms with van der Waals surface area (Å²) in [6.45, 7) is 2.09. The molecular formula is C13H24N2O3. The van der Waals surface area contributed by atoms with Crippen LogP contribution in [-0.4, -0.2) is 61.4 Å². The summed E-state index contributed by atoms with van der Waals surface area (Å²) in [6, 6.07) is 0.561. The number of nitrogens with one attached hydrogen (secondary N) is 1. The number of carboxylic acid groups (broad SMARTS) is 1. The topological polar surface area (TPSA) is 61.8 Å². The summed E-state index contributed by atoms with van der Waals surface area (Å²) in [5.41, 5.74) is -0.768. The molecular weight excluding hydrogens is 232 g/mol. The van der Waals surface area contributed by atoms with Gasteiger partial charge in [-0.25, -0.2) is 0 Å². The first kappa shape index (κ1) is 13.8. The minimum Gasteiger partial charge on any atom is -0.480 e. The Labute approximate surface area is 108 Å². The molecule has 1 unspecified atom stereocenters. The van der Waals surface area contributed by atoms with Gasteiger partial charge in [0.2, 0.25) is 0 Å². The number of nitrogens with zero attached hydrogens (tertiary/aromatic N) is 1. The molecule has 0 amide bonds. The van der Waals surface area contributed by atoms with Crippen LogP contribution >= 0.6 is 0 Å². The molecule has 2 fully saturated rings. The number of carbonyl (C=O) groups is 1. The molecule has 1 atom stereocenters. The Morgan fingerprint density at radius 2 is 2.11 bits per heavy atom. The van der Waals surface area contributed by atoms with E-state index in [4.69, 9.17) is 4.74 Å². The van der Waals surface area contributed by atoms with Crippen LogP contribution in [0.25, 0.3) is 0 Å². The molecule has 0 aromatic heterocycles. The molecule has 104 valence electrons. The number of ether oxygens (including phenoxy) is 1. The van der Waals surface area contributed by atoms with E-state index in [1.165, 1.54) is 12.8 Å². The third-order valence-electron chi connectivity index (χ3n) is 4.20. The Hall–Kier alpha value is -0.650. The van der Waals surface area contributed by atoms with Crippen molar-refractivity contribution in [2.45, 2.75) is 37.3 Å². The van der Waals surface area contributed by atoms with Gasteiger partial charge in [0.05, 0.1) is 6.61 Å². The number of methoxy groups -OCH3 is 1. The predicted molar refractivity (Wildman–Crippen MR) is 68.6 cm³/mol. The van der Waals surface area contributed by atoms with Gasteiger partial charge in [0.25, 0.3) is 0 Å². The minimum atomic E-state index is -0.768. The van der Waals surface area contributed by atoms with Crippen LogP contribution in [0.2, 0.25) is 0 Å². The fourth-order valence-corrected chi connectivity index (χ4v) is 2.70. The van der Waals surface area contributed by atoms with E-state index in [1.54, 1.807) is 14.2 Å². The maximum absolute atomic E-state index is 11.7. The molecule has 0 radical (unpaired) electrons. The third kappa shape index (κ3) is 2.84. The van der Waals surface area contributed by atoms with Gasteiger partial charge in [-0.1, -0.05) is 0 Å². The van der Waals surface area contributed by atoms with E-state index in [9.17, 15) is 9.90 Å². The Balaban J connectivity index is 2.03. The van der Waals surface area contributed by atoms with Crippen LogP contribution in [0.4, 0.5) is 0 Å². The molecule has 5 nitrogen and oxygen atoms in total. The number of rotatable bonds is 9. The predicted octanol–water partition coefficient (Wildman–Crippen LogP) is 0.550. The zero-order chi connectivity index (χ0) is 13.2. The van der Waals surface area contributed by atoms with Crippen molar-refractivity contribution in [1.29, 1.82) is 0 Å². The lowest BCUT2D eigenvalue weighted by molar-refractivity contribution is -0.147. The molecule has 0 aliphatic heterocycles. The SMILES string of the molecule is CNC(CN(CCOC)C1CC1)(C(=O)O)C1CC1. The number of aliphatic carboxylic acids is 1. The molecule has 2 N–H and O–H groups in total. The first-order chi connectivity index (χ1) is 8.64. The summed E-state index contributed by atoms with van der Waals surface area (Å²) in [5.74, 6) is -0.431.